The number of rotatable bonds is 11. The number of hydrogen-bond donors (Lipinski definition) is 3. The van der Waals surface area contributed by atoms with Gasteiger partial charge in [0.15, 0.2) is 5.82 Å². The Labute approximate surface area is 244 Å². The van der Waals surface area contributed by atoms with Gasteiger partial charge in [0.2, 0.25) is 0 Å². The third-order valence-corrected chi connectivity index (χ3v) is 6.64. The number of benzene rings is 3. The van der Waals surface area contributed by atoms with Crippen molar-refractivity contribution in [3.05, 3.63) is 113 Å². The van der Waals surface area contributed by atoms with E-state index >= 15 is 0 Å². The summed E-state index contributed by atoms with van der Waals surface area (Å²) < 4.78 is 19.4. The summed E-state index contributed by atoms with van der Waals surface area (Å²) in [5.41, 5.74) is 10.2. The third-order valence-electron chi connectivity index (χ3n) is 6.64. The van der Waals surface area contributed by atoms with Crippen LogP contribution in [0.4, 0.5) is 15.8 Å². The van der Waals surface area contributed by atoms with Crippen LogP contribution in [0.5, 0.6) is 0 Å². The molecule has 4 rings (SSSR count). The highest BCUT2D eigenvalue weighted by Gasteiger charge is 2.15. The second kappa shape index (κ2) is 14.1. The molecule has 4 N–H and O–H groups in total. The number of esters is 1. The van der Waals surface area contributed by atoms with Crippen molar-refractivity contribution in [2.45, 2.75) is 45.8 Å². The molecule has 1 aromatic heterocycles. The van der Waals surface area contributed by atoms with Crippen LogP contribution in [-0.2, 0) is 22.5 Å². The number of nitrogens with two attached hydrogens (primary N) is 1. The zero-order chi connectivity index (χ0) is 30.1. The van der Waals surface area contributed by atoms with Gasteiger partial charge in [-0.1, -0.05) is 43.7 Å². The maximum atomic E-state index is 14.0. The van der Waals surface area contributed by atoms with Gasteiger partial charge in [-0.05, 0) is 78.1 Å². The molecule has 0 fully saturated rings. The highest BCUT2D eigenvalue weighted by Crippen LogP contribution is 2.27. The summed E-state index contributed by atoms with van der Waals surface area (Å²) in [4.78, 5) is 41.8. The molecule has 8 nitrogen and oxygen atoms in total. The fraction of sp³-hybridized carbons (Fsp3) is 0.212. The average Bonchev–Trinajstić information content (AvgIpc) is 2.99. The van der Waals surface area contributed by atoms with Crippen molar-refractivity contribution in [1.82, 2.24) is 4.98 Å². The Bertz CT molecular complexity index is 1570. The topological polar surface area (TPSA) is 123 Å². The maximum absolute atomic E-state index is 14.0. The SMILES string of the molecule is CCCC(C)OC(=O)Cc1ccc(NC(=O)c2cccc(-c3cc(C(=O)Nc4ccncc4F)ccc3CN)c2)cc1. The molecule has 2 amide bonds. The first-order valence-corrected chi connectivity index (χ1v) is 13.7. The molecule has 216 valence electrons. The van der Waals surface area contributed by atoms with E-state index in [0.29, 0.717) is 27.9 Å². The summed E-state index contributed by atoms with van der Waals surface area (Å²) >= 11 is 0. The number of nitrogens with one attached hydrogen (secondary N) is 2. The van der Waals surface area contributed by atoms with E-state index in [4.69, 9.17) is 10.5 Å². The van der Waals surface area contributed by atoms with Crippen molar-refractivity contribution in [2.24, 2.45) is 5.73 Å². The molecular weight excluding hydrogens is 535 g/mol. The van der Waals surface area contributed by atoms with Crippen LogP contribution in [0, 0.1) is 5.82 Å². The van der Waals surface area contributed by atoms with Gasteiger partial charge in [0.1, 0.15) is 0 Å². The largest absolute Gasteiger partial charge is 0.462 e. The zero-order valence-electron chi connectivity index (χ0n) is 23.5. The predicted octanol–water partition coefficient (Wildman–Crippen LogP) is 6.13. The first-order valence-electron chi connectivity index (χ1n) is 13.7. The van der Waals surface area contributed by atoms with Crippen LogP contribution < -0.4 is 16.4 Å². The van der Waals surface area contributed by atoms with E-state index in [0.717, 1.165) is 30.2 Å². The van der Waals surface area contributed by atoms with Crippen LogP contribution in [0.2, 0.25) is 0 Å². The molecule has 0 radical (unpaired) electrons. The van der Waals surface area contributed by atoms with Gasteiger partial charge in [0, 0.05) is 29.6 Å². The van der Waals surface area contributed by atoms with Crippen molar-refractivity contribution >= 4 is 29.2 Å². The first kappa shape index (κ1) is 30.1. The number of anilines is 2. The Balaban J connectivity index is 1.47. The Hall–Kier alpha value is -4.89. The van der Waals surface area contributed by atoms with E-state index in [9.17, 15) is 18.8 Å². The minimum absolute atomic E-state index is 0.0210. The minimum atomic E-state index is -0.641. The number of aromatic nitrogens is 1. The molecule has 0 bridgehead atoms. The predicted molar refractivity (Wildman–Crippen MR) is 160 cm³/mol. The molecule has 42 heavy (non-hydrogen) atoms. The standard InChI is InChI=1S/C33H33FN4O4/c1-3-5-21(2)42-31(39)16-22-8-12-27(13-9-22)37-32(40)24-7-4-6-23(17-24)28-18-25(10-11-26(28)19-35)33(41)38-30-14-15-36-20-29(30)34/h4,6-15,17-18,20-21H,3,5,16,19,35H2,1-2H3,(H,37,40)(H,36,38,41). The van der Waals surface area contributed by atoms with Gasteiger partial charge in [-0.3, -0.25) is 19.4 Å². The van der Waals surface area contributed by atoms with E-state index in [2.05, 4.69) is 15.6 Å². The Morgan fingerprint density at radius 1 is 0.952 bits per heavy atom. The Morgan fingerprint density at radius 3 is 2.40 bits per heavy atom. The molecule has 1 unspecified atom stereocenters. The molecule has 0 spiro atoms. The van der Waals surface area contributed by atoms with Gasteiger partial charge < -0.3 is 21.1 Å². The molecule has 3 aromatic carbocycles. The number of ether oxygens (including phenoxy) is 1. The van der Waals surface area contributed by atoms with Gasteiger partial charge in [0.25, 0.3) is 11.8 Å². The number of carbonyl (C=O) groups is 3. The quantitative estimate of drug-likeness (QED) is 0.187. The number of halogens is 1. The summed E-state index contributed by atoms with van der Waals surface area (Å²) in [5, 5.41) is 5.42. The molecule has 1 atom stereocenters. The van der Waals surface area contributed by atoms with Crippen LogP contribution in [-0.4, -0.2) is 28.9 Å². The highest BCUT2D eigenvalue weighted by molar-refractivity contribution is 6.06. The van der Waals surface area contributed by atoms with Crippen molar-refractivity contribution in [2.75, 3.05) is 10.6 Å². The van der Waals surface area contributed by atoms with Crippen LogP contribution in [0.1, 0.15) is 58.5 Å². The molecule has 0 aliphatic rings. The highest BCUT2D eigenvalue weighted by atomic mass is 19.1. The van der Waals surface area contributed by atoms with Gasteiger partial charge in [0.05, 0.1) is 24.4 Å². The van der Waals surface area contributed by atoms with Gasteiger partial charge in [-0.15, -0.1) is 0 Å². The van der Waals surface area contributed by atoms with Gasteiger partial charge in [-0.2, -0.15) is 0 Å². The van der Waals surface area contributed by atoms with E-state index in [1.807, 2.05) is 19.9 Å². The number of pyridine rings is 1. The molecule has 0 saturated heterocycles. The van der Waals surface area contributed by atoms with Crippen LogP contribution in [0.3, 0.4) is 0 Å². The van der Waals surface area contributed by atoms with Crippen LogP contribution in [0.25, 0.3) is 11.1 Å². The lowest BCUT2D eigenvalue weighted by Crippen LogP contribution is -2.16. The fourth-order valence-corrected chi connectivity index (χ4v) is 4.47. The smallest absolute Gasteiger partial charge is 0.310 e. The lowest BCUT2D eigenvalue weighted by molar-refractivity contribution is -0.147. The van der Waals surface area contributed by atoms with Crippen LogP contribution in [0.15, 0.2) is 85.2 Å². The van der Waals surface area contributed by atoms with E-state index in [1.165, 1.54) is 12.3 Å². The monoisotopic (exact) mass is 568 g/mol. The minimum Gasteiger partial charge on any atom is -0.462 e. The third kappa shape index (κ3) is 7.86. The van der Waals surface area contributed by atoms with Gasteiger partial charge >= 0.3 is 5.97 Å². The molecule has 4 aromatic rings. The molecule has 0 saturated carbocycles. The lowest BCUT2D eigenvalue weighted by Gasteiger charge is -2.13. The average molecular weight is 569 g/mol. The number of hydrogen-bond acceptors (Lipinski definition) is 6. The summed E-state index contributed by atoms with van der Waals surface area (Å²) in [7, 11) is 0. The van der Waals surface area contributed by atoms with E-state index < -0.39 is 11.7 Å². The fourth-order valence-electron chi connectivity index (χ4n) is 4.47. The van der Waals surface area contributed by atoms with Crippen molar-refractivity contribution in [3.63, 3.8) is 0 Å². The maximum Gasteiger partial charge on any atom is 0.310 e. The first-order chi connectivity index (χ1) is 20.3. The molecule has 0 aliphatic carbocycles. The van der Waals surface area contributed by atoms with Crippen molar-refractivity contribution < 1.29 is 23.5 Å². The second-order valence-electron chi connectivity index (χ2n) is 9.88. The summed E-state index contributed by atoms with van der Waals surface area (Å²) in [6.07, 6.45) is 4.21. The van der Waals surface area contributed by atoms with Gasteiger partial charge in [-0.25, -0.2) is 4.39 Å². The zero-order valence-corrected chi connectivity index (χ0v) is 23.5. The molecular formula is C33H33FN4O4. The number of amides is 2. The van der Waals surface area contributed by atoms with E-state index in [1.54, 1.807) is 60.7 Å². The molecule has 0 aliphatic heterocycles. The van der Waals surface area contributed by atoms with Crippen LogP contribution >= 0.6 is 0 Å². The summed E-state index contributed by atoms with van der Waals surface area (Å²) in [5.74, 6) is -1.75. The molecule has 1 heterocycles. The second-order valence-corrected chi connectivity index (χ2v) is 9.88. The summed E-state index contributed by atoms with van der Waals surface area (Å²) in [6.45, 7) is 4.13. The van der Waals surface area contributed by atoms with Crippen molar-refractivity contribution in [1.29, 1.82) is 0 Å². The lowest BCUT2D eigenvalue weighted by atomic mass is 9.95. The van der Waals surface area contributed by atoms with E-state index in [-0.39, 0.29) is 36.6 Å². The normalized spacial score (nSPS) is 11.4. The summed E-state index contributed by atoms with van der Waals surface area (Å²) in [6, 6.07) is 20.4. The Morgan fingerprint density at radius 2 is 1.69 bits per heavy atom. The Kier molecular flexibility index (Phi) is 10.1. The number of carbonyl (C=O) groups excluding carboxylic acids is 3. The molecule has 9 heteroatoms. The number of nitrogens with zero attached hydrogens (tertiary/aromatic N) is 1. The van der Waals surface area contributed by atoms with Crippen molar-refractivity contribution in [3.8, 4) is 11.1 Å².